The first-order valence-corrected chi connectivity index (χ1v) is 10.8. The number of rotatable bonds is 5. The number of nitrogens with two attached hydrogens (primary N) is 1. The lowest BCUT2D eigenvalue weighted by atomic mass is 10.2. The molecular weight excluding hydrogens is 430 g/mol. The highest BCUT2D eigenvalue weighted by Crippen LogP contribution is 2.39. The molecule has 0 saturated heterocycles. The Hall–Kier alpha value is -3.47. The second kappa shape index (κ2) is 8.58. The summed E-state index contributed by atoms with van der Waals surface area (Å²) in [7, 11) is 0. The smallest absolute Gasteiger partial charge is 0.327 e. The van der Waals surface area contributed by atoms with Gasteiger partial charge in [0.15, 0.2) is 10.9 Å². The minimum atomic E-state index is -0.675. The number of benzene rings is 1. The molecule has 0 bridgehead atoms. The van der Waals surface area contributed by atoms with Gasteiger partial charge in [-0.25, -0.2) is 15.0 Å². The zero-order valence-electron chi connectivity index (χ0n) is 17.9. The number of hydrogen-bond donors (Lipinski definition) is 1. The maximum Gasteiger partial charge on any atom is 0.327 e. The van der Waals surface area contributed by atoms with Crippen LogP contribution in [0.4, 0.5) is 11.5 Å². The van der Waals surface area contributed by atoms with E-state index in [-0.39, 0.29) is 12.3 Å². The Morgan fingerprint density at radius 2 is 1.97 bits per heavy atom. The minimum Gasteiger partial charge on any atom is -0.459 e. The number of aliphatic imine (C=N–C) groups is 1. The third-order valence-electron chi connectivity index (χ3n) is 4.52. The first-order valence-electron chi connectivity index (χ1n) is 9.95. The second-order valence-electron chi connectivity index (χ2n) is 8.14. The van der Waals surface area contributed by atoms with Crippen LogP contribution >= 0.6 is 11.8 Å². The van der Waals surface area contributed by atoms with E-state index in [1.807, 2.05) is 35.2 Å². The van der Waals surface area contributed by atoms with Crippen LogP contribution in [0, 0.1) is 0 Å². The van der Waals surface area contributed by atoms with Crippen LogP contribution in [-0.2, 0) is 14.3 Å². The molecule has 10 nitrogen and oxygen atoms in total. The number of hydrogen-bond acceptors (Lipinski definition) is 10. The van der Waals surface area contributed by atoms with Gasteiger partial charge in [-0.15, -0.1) is 0 Å². The first kappa shape index (κ1) is 21.8. The Kier molecular flexibility index (Phi) is 5.83. The number of ether oxygens (including phenoxy) is 1. The van der Waals surface area contributed by atoms with Gasteiger partial charge in [0.1, 0.15) is 35.7 Å². The summed E-state index contributed by atoms with van der Waals surface area (Å²) in [5.74, 6) is -0.505. The second-order valence-corrected chi connectivity index (χ2v) is 9.22. The SMILES string of the molecule is CC(C)(C)OC(=O)CN1N=C(C(N)=O)C2N=C(N(c3ccccc3)c3ccncn3)SC21. The fourth-order valence-electron chi connectivity index (χ4n) is 3.33. The zero-order chi connectivity index (χ0) is 22.9. The summed E-state index contributed by atoms with van der Waals surface area (Å²) >= 11 is 1.38. The van der Waals surface area contributed by atoms with E-state index in [2.05, 4.69) is 15.1 Å². The first-order chi connectivity index (χ1) is 15.2. The standard InChI is InChI=1S/C21H23N7O3S/c1-21(2,3)31-15(29)11-27-19-17(16(26-27)18(22)30)25-20(32-19)28(13-7-5-4-6-8-13)14-9-10-23-12-24-14/h4-10,12,17,19H,11H2,1-3H3,(H2,22,30). The molecule has 3 heterocycles. The molecule has 11 heteroatoms. The van der Waals surface area contributed by atoms with Crippen molar-refractivity contribution in [2.45, 2.75) is 37.8 Å². The van der Waals surface area contributed by atoms with E-state index < -0.39 is 28.9 Å². The molecule has 2 unspecified atom stereocenters. The Morgan fingerprint density at radius 3 is 2.59 bits per heavy atom. The van der Waals surface area contributed by atoms with Crippen molar-refractivity contribution in [1.29, 1.82) is 0 Å². The molecule has 2 aromatic rings. The van der Waals surface area contributed by atoms with E-state index >= 15 is 0 Å². The monoisotopic (exact) mass is 453 g/mol. The average Bonchev–Trinajstić information content (AvgIpc) is 3.29. The van der Waals surface area contributed by atoms with Crippen LogP contribution in [0.15, 0.2) is 59.0 Å². The van der Waals surface area contributed by atoms with E-state index in [0.29, 0.717) is 11.0 Å². The average molecular weight is 454 g/mol. The molecule has 1 amide bonds. The van der Waals surface area contributed by atoms with Gasteiger partial charge in [-0.3, -0.25) is 19.5 Å². The number of aromatic nitrogens is 2. The normalized spacial score (nSPS) is 19.8. The summed E-state index contributed by atoms with van der Waals surface area (Å²) in [6.07, 6.45) is 3.10. The lowest BCUT2D eigenvalue weighted by Crippen LogP contribution is -2.38. The van der Waals surface area contributed by atoms with E-state index in [0.717, 1.165) is 5.69 Å². The number of esters is 1. The Morgan fingerprint density at radius 1 is 1.22 bits per heavy atom. The third-order valence-corrected chi connectivity index (χ3v) is 5.76. The van der Waals surface area contributed by atoms with Crippen molar-refractivity contribution in [3.8, 4) is 0 Å². The lowest BCUT2D eigenvalue weighted by molar-refractivity contribution is -0.156. The van der Waals surface area contributed by atoms with Crippen molar-refractivity contribution >= 4 is 46.0 Å². The molecular formula is C21H23N7O3S. The molecule has 2 atom stereocenters. The zero-order valence-corrected chi connectivity index (χ0v) is 18.7. The van der Waals surface area contributed by atoms with Crippen LogP contribution < -0.4 is 10.6 Å². The summed E-state index contributed by atoms with van der Waals surface area (Å²) in [4.78, 5) is 39.5. The summed E-state index contributed by atoms with van der Waals surface area (Å²) in [5, 5.41) is 6.00. The molecule has 166 valence electrons. The van der Waals surface area contributed by atoms with Crippen molar-refractivity contribution in [3.05, 3.63) is 48.9 Å². The van der Waals surface area contributed by atoms with Gasteiger partial charge in [0.2, 0.25) is 0 Å². The topological polar surface area (TPSA) is 126 Å². The predicted octanol–water partition coefficient (Wildman–Crippen LogP) is 1.91. The van der Waals surface area contributed by atoms with Crippen LogP contribution in [0.1, 0.15) is 20.8 Å². The summed E-state index contributed by atoms with van der Waals surface area (Å²) < 4.78 is 5.42. The highest BCUT2D eigenvalue weighted by Gasteiger charge is 2.47. The molecule has 2 N–H and O–H groups in total. The van der Waals surface area contributed by atoms with Crippen molar-refractivity contribution < 1.29 is 14.3 Å². The van der Waals surface area contributed by atoms with Gasteiger partial charge >= 0.3 is 5.97 Å². The highest BCUT2D eigenvalue weighted by atomic mass is 32.2. The van der Waals surface area contributed by atoms with Gasteiger partial charge in [0.25, 0.3) is 5.91 Å². The van der Waals surface area contributed by atoms with Crippen molar-refractivity contribution in [2.24, 2.45) is 15.8 Å². The molecule has 32 heavy (non-hydrogen) atoms. The fourth-order valence-corrected chi connectivity index (χ4v) is 4.59. The number of primary amides is 1. The predicted molar refractivity (Wildman–Crippen MR) is 122 cm³/mol. The number of nitrogens with zero attached hydrogens (tertiary/aromatic N) is 6. The quantitative estimate of drug-likeness (QED) is 0.681. The van der Waals surface area contributed by atoms with Gasteiger partial charge in [0, 0.05) is 11.9 Å². The van der Waals surface area contributed by atoms with E-state index in [4.69, 9.17) is 15.5 Å². The van der Waals surface area contributed by atoms with Crippen LogP contribution in [0.5, 0.6) is 0 Å². The van der Waals surface area contributed by atoms with Crippen molar-refractivity contribution in [3.63, 3.8) is 0 Å². The third kappa shape index (κ3) is 4.57. The summed E-state index contributed by atoms with van der Waals surface area (Å²) in [6.45, 7) is 5.26. The number of amidine groups is 1. The number of anilines is 2. The molecule has 0 saturated carbocycles. The molecule has 1 aromatic heterocycles. The van der Waals surface area contributed by atoms with E-state index in [1.54, 1.807) is 33.0 Å². The molecule has 2 aliphatic rings. The highest BCUT2D eigenvalue weighted by molar-refractivity contribution is 8.15. The van der Waals surface area contributed by atoms with Crippen molar-refractivity contribution in [2.75, 3.05) is 11.4 Å². The fraction of sp³-hybridized carbons (Fsp3) is 0.333. The maximum atomic E-state index is 12.4. The summed E-state index contributed by atoms with van der Waals surface area (Å²) in [5.41, 5.74) is 5.89. The Balaban J connectivity index is 1.65. The van der Waals surface area contributed by atoms with Crippen molar-refractivity contribution in [1.82, 2.24) is 15.0 Å². The maximum absolute atomic E-state index is 12.4. The van der Waals surface area contributed by atoms with Gasteiger partial charge in [-0.1, -0.05) is 30.0 Å². The van der Waals surface area contributed by atoms with E-state index in [1.165, 1.54) is 23.1 Å². The molecule has 0 fully saturated rings. The molecule has 1 aromatic carbocycles. The van der Waals surface area contributed by atoms with Crippen LogP contribution in [0.2, 0.25) is 0 Å². The number of para-hydroxylation sites is 1. The Labute approximate surface area is 189 Å². The van der Waals surface area contributed by atoms with Gasteiger partial charge in [0.05, 0.1) is 0 Å². The van der Waals surface area contributed by atoms with E-state index in [9.17, 15) is 9.59 Å². The number of hydrazone groups is 1. The Bertz CT molecular complexity index is 1030. The molecule has 0 radical (unpaired) electrons. The van der Waals surface area contributed by atoms with Crippen LogP contribution in [0.25, 0.3) is 0 Å². The number of thioether (sulfide) groups is 1. The molecule has 2 aliphatic heterocycles. The van der Waals surface area contributed by atoms with Gasteiger partial charge in [-0.05, 0) is 39.0 Å². The molecule has 0 spiro atoms. The number of carbonyl (C=O) groups excluding carboxylic acids is 2. The minimum absolute atomic E-state index is 0.108. The lowest BCUT2D eigenvalue weighted by Gasteiger charge is -2.26. The number of carbonyl (C=O) groups is 2. The number of amides is 1. The summed E-state index contributed by atoms with van der Waals surface area (Å²) in [6, 6.07) is 10.8. The molecule has 0 aliphatic carbocycles. The van der Waals surface area contributed by atoms with Gasteiger partial charge in [-0.2, -0.15) is 5.10 Å². The van der Waals surface area contributed by atoms with Gasteiger partial charge < -0.3 is 10.5 Å². The largest absolute Gasteiger partial charge is 0.459 e. The van der Waals surface area contributed by atoms with Crippen LogP contribution in [0.3, 0.4) is 0 Å². The number of fused-ring (bicyclic) bond motifs is 1. The van der Waals surface area contributed by atoms with Crippen LogP contribution in [-0.4, -0.2) is 61.3 Å². The molecule has 4 rings (SSSR count).